The van der Waals surface area contributed by atoms with Crippen molar-refractivity contribution in [2.45, 2.75) is 76.2 Å². The zero-order valence-electron chi connectivity index (χ0n) is 18.6. The van der Waals surface area contributed by atoms with E-state index in [4.69, 9.17) is 15.2 Å². The quantitative estimate of drug-likeness (QED) is 0.321. The molecule has 0 aromatic carbocycles. The van der Waals surface area contributed by atoms with Crippen molar-refractivity contribution >= 4 is 23.1 Å². The van der Waals surface area contributed by atoms with E-state index < -0.39 is 0 Å². The van der Waals surface area contributed by atoms with Crippen molar-refractivity contribution in [2.24, 2.45) is 16.1 Å². The van der Waals surface area contributed by atoms with Gasteiger partial charge in [-0.1, -0.05) is 43.7 Å². The lowest BCUT2D eigenvalue weighted by molar-refractivity contribution is 0.245. The minimum Gasteiger partial charge on any atom is -0.411 e. The molecule has 1 saturated heterocycles. The number of hydrogen-bond donors (Lipinski definition) is 2. The fourth-order valence-corrected chi connectivity index (χ4v) is 5.44. The third kappa shape index (κ3) is 4.29. The van der Waals surface area contributed by atoms with Crippen molar-refractivity contribution < 1.29 is 5.21 Å². The van der Waals surface area contributed by atoms with Crippen LogP contribution in [-0.2, 0) is 0 Å². The second-order valence-corrected chi connectivity index (χ2v) is 9.62. The fraction of sp³-hybridized carbons (Fsp3) is 0.696. The van der Waals surface area contributed by atoms with Crippen molar-refractivity contribution in [3.63, 3.8) is 0 Å². The van der Waals surface area contributed by atoms with E-state index in [0.717, 1.165) is 19.4 Å². The topological polar surface area (TPSA) is 112 Å². The number of aromatic nitrogens is 4. The molecule has 2 saturated carbocycles. The van der Waals surface area contributed by atoms with Crippen LogP contribution in [0.2, 0.25) is 0 Å². The molecule has 0 atom stereocenters. The summed E-state index contributed by atoms with van der Waals surface area (Å²) < 4.78 is 1.97. The van der Waals surface area contributed by atoms with E-state index in [9.17, 15) is 4.79 Å². The number of hydrogen-bond acceptors (Lipinski definition) is 6. The minimum atomic E-state index is -0.117. The molecule has 9 heteroatoms. The molecule has 0 radical (unpaired) electrons. The van der Waals surface area contributed by atoms with Gasteiger partial charge >= 0.3 is 0 Å². The molecule has 5 rings (SSSR count). The first-order valence-corrected chi connectivity index (χ1v) is 12.2. The average molecular weight is 440 g/mol. The van der Waals surface area contributed by atoms with Crippen molar-refractivity contribution in [1.29, 1.82) is 0 Å². The zero-order chi connectivity index (χ0) is 21.9. The first-order chi connectivity index (χ1) is 15.7. The van der Waals surface area contributed by atoms with Crippen LogP contribution in [0.5, 0.6) is 0 Å². The van der Waals surface area contributed by atoms with Gasteiger partial charge in [-0.05, 0) is 31.6 Å². The summed E-state index contributed by atoms with van der Waals surface area (Å²) >= 11 is 0. The number of H-pyrrole nitrogens is 1. The van der Waals surface area contributed by atoms with Crippen LogP contribution in [0, 0.1) is 5.92 Å². The summed E-state index contributed by atoms with van der Waals surface area (Å²) in [5.74, 6) is 2.17. The van der Waals surface area contributed by atoms with Gasteiger partial charge in [0.1, 0.15) is 23.3 Å². The molecule has 2 N–H and O–H groups in total. The van der Waals surface area contributed by atoms with Crippen molar-refractivity contribution in [2.75, 3.05) is 19.6 Å². The number of oxime groups is 1. The van der Waals surface area contributed by atoms with Crippen molar-refractivity contribution in [3.05, 3.63) is 22.4 Å². The third-order valence-electron chi connectivity index (χ3n) is 7.40. The molecule has 0 spiro atoms. The van der Waals surface area contributed by atoms with Crippen LogP contribution >= 0.6 is 0 Å². The molecule has 0 unspecified atom stereocenters. The molecule has 32 heavy (non-hydrogen) atoms. The smallest absolute Gasteiger partial charge is 0.262 e. The largest absolute Gasteiger partial charge is 0.411 e. The number of nitrogens with zero attached hydrogens (tertiary/aromatic N) is 6. The Kier molecular flexibility index (Phi) is 6.23. The van der Waals surface area contributed by atoms with E-state index >= 15 is 0 Å². The second kappa shape index (κ2) is 9.42. The first kappa shape index (κ1) is 21.2. The van der Waals surface area contributed by atoms with Gasteiger partial charge in [-0.3, -0.25) is 9.79 Å². The maximum atomic E-state index is 12.7. The number of aliphatic imine (C=N–C) groups is 1. The Hall–Kier alpha value is -2.71. The van der Waals surface area contributed by atoms with E-state index in [1.54, 1.807) is 6.20 Å². The lowest BCUT2D eigenvalue weighted by Gasteiger charge is -2.39. The van der Waals surface area contributed by atoms with E-state index in [1.807, 2.05) is 4.68 Å². The Balaban J connectivity index is 1.30. The zero-order valence-corrected chi connectivity index (χ0v) is 18.6. The molecular formula is C23H33N7O2. The predicted molar refractivity (Wildman–Crippen MR) is 124 cm³/mol. The minimum absolute atomic E-state index is 0.117. The standard InChI is InChI=1S/C23H33N7O2/c31-23-19-12-25-30(18-9-5-2-6-10-18)22(19)27-21(28-23)17-14-29(15-17)20(13-26-32)24-11-16-7-3-1-4-8-16/h12-13,16-18,32H,1-11,14-15H2,(H,27,28,31). The molecule has 2 aromatic rings. The third-order valence-corrected chi connectivity index (χ3v) is 7.40. The molecule has 3 fully saturated rings. The molecule has 3 aliphatic rings. The van der Waals surface area contributed by atoms with Gasteiger partial charge in [-0.15, -0.1) is 0 Å². The number of rotatable bonds is 5. The molecule has 3 heterocycles. The molecule has 2 aromatic heterocycles. The van der Waals surface area contributed by atoms with E-state index in [1.165, 1.54) is 57.6 Å². The van der Waals surface area contributed by atoms with E-state index in [2.05, 4.69) is 20.1 Å². The molecule has 2 aliphatic carbocycles. The van der Waals surface area contributed by atoms with Crippen LogP contribution in [0.15, 0.2) is 21.1 Å². The van der Waals surface area contributed by atoms with Crippen LogP contribution in [-0.4, -0.2) is 61.5 Å². The number of likely N-dealkylation sites (tertiary alicyclic amines) is 1. The van der Waals surface area contributed by atoms with Gasteiger partial charge in [-0.25, -0.2) is 9.67 Å². The van der Waals surface area contributed by atoms with Crippen LogP contribution in [0.25, 0.3) is 11.0 Å². The predicted octanol–water partition coefficient (Wildman–Crippen LogP) is 3.46. The molecular weight excluding hydrogens is 406 g/mol. The van der Waals surface area contributed by atoms with Gasteiger partial charge in [0.05, 0.1) is 18.2 Å². The highest BCUT2D eigenvalue weighted by atomic mass is 16.4. The van der Waals surface area contributed by atoms with Crippen LogP contribution in [0.4, 0.5) is 0 Å². The van der Waals surface area contributed by atoms with Gasteiger partial charge in [-0.2, -0.15) is 5.10 Å². The number of aromatic amines is 1. The monoisotopic (exact) mass is 439 g/mol. The molecule has 0 amide bonds. The van der Waals surface area contributed by atoms with Gasteiger partial charge < -0.3 is 15.1 Å². The Morgan fingerprint density at radius 1 is 1.12 bits per heavy atom. The highest BCUT2D eigenvalue weighted by Crippen LogP contribution is 2.30. The summed E-state index contributed by atoms with van der Waals surface area (Å²) in [4.78, 5) is 27.4. The van der Waals surface area contributed by atoms with Gasteiger partial charge in [0.15, 0.2) is 5.65 Å². The summed E-state index contributed by atoms with van der Waals surface area (Å²) in [6.07, 6.45) is 15.3. The fourth-order valence-electron chi connectivity index (χ4n) is 5.44. The Morgan fingerprint density at radius 2 is 1.84 bits per heavy atom. The molecule has 0 bridgehead atoms. The highest BCUT2D eigenvalue weighted by Gasteiger charge is 2.33. The van der Waals surface area contributed by atoms with E-state index in [0.29, 0.717) is 47.7 Å². The Bertz CT molecular complexity index is 1040. The van der Waals surface area contributed by atoms with Gasteiger partial charge in [0, 0.05) is 19.6 Å². The summed E-state index contributed by atoms with van der Waals surface area (Å²) in [6.45, 7) is 2.17. The first-order valence-electron chi connectivity index (χ1n) is 12.2. The highest BCUT2D eigenvalue weighted by molar-refractivity contribution is 6.29. The number of nitrogens with one attached hydrogen (secondary N) is 1. The lowest BCUT2D eigenvalue weighted by Crippen LogP contribution is -2.50. The summed E-state index contributed by atoms with van der Waals surface area (Å²) in [5, 5.41) is 17.4. The maximum absolute atomic E-state index is 12.7. The van der Waals surface area contributed by atoms with Crippen LogP contribution in [0.3, 0.4) is 0 Å². The van der Waals surface area contributed by atoms with Gasteiger partial charge in [0.25, 0.3) is 5.56 Å². The van der Waals surface area contributed by atoms with E-state index in [-0.39, 0.29) is 11.5 Å². The summed E-state index contributed by atoms with van der Waals surface area (Å²) in [6, 6.07) is 0.334. The van der Waals surface area contributed by atoms with Crippen molar-refractivity contribution in [1.82, 2.24) is 24.6 Å². The lowest BCUT2D eigenvalue weighted by atomic mass is 9.89. The Labute approximate surface area is 187 Å². The maximum Gasteiger partial charge on any atom is 0.262 e. The second-order valence-electron chi connectivity index (χ2n) is 9.62. The van der Waals surface area contributed by atoms with Crippen molar-refractivity contribution in [3.8, 4) is 0 Å². The summed E-state index contributed by atoms with van der Waals surface area (Å²) in [5.41, 5.74) is 0.589. The number of amidine groups is 1. The van der Waals surface area contributed by atoms with Crippen LogP contribution in [0.1, 0.15) is 82.0 Å². The van der Waals surface area contributed by atoms with Crippen LogP contribution < -0.4 is 5.56 Å². The number of fused-ring (bicyclic) bond motifs is 1. The molecule has 172 valence electrons. The molecule has 9 nitrogen and oxygen atoms in total. The normalized spacial score (nSPS) is 22.1. The van der Waals surface area contributed by atoms with Gasteiger partial charge in [0.2, 0.25) is 0 Å². The Morgan fingerprint density at radius 3 is 2.56 bits per heavy atom. The summed E-state index contributed by atoms with van der Waals surface area (Å²) in [7, 11) is 0. The molecule has 1 aliphatic heterocycles. The average Bonchev–Trinajstić information content (AvgIpc) is 3.22. The SMILES string of the molecule is O=c1[nH]c(C2CN(C(C=NO)=NCC3CCCCC3)C2)nc2c1cnn2C1CCCCC1.